The minimum Gasteiger partial charge on any atom is -0.354 e. The summed E-state index contributed by atoms with van der Waals surface area (Å²) in [4.78, 5) is 29.5. The lowest BCUT2D eigenvalue weighted by Crippen LogP contribution is -2.53. The van der Waals surface area contributed by atoms with E-state index in [1.807, 2.05) is 37.3 Å². The van der Waals surface area contributed by atoms with E-state index in [9.17, 15) is 22.4 Å². The van der Waals surface area contributed by atoms with Crippen LogP contribution in [0.15, 0.2) is 108 Å². The van der Waals surface area contributed by atoms with Gasteiger partial charge in [0.1, 0.15) is 18.4 Å². The monoisotopic (exact) mass is 669 g/mol. The zero-order valence-corrected chi connectivity index (χ0v) is 27.0. The topological polar surface area (TPSA) is 86.8 Å². The van der Waals surface area contributed by atoms with Crippen LogP contribution >= 0.6 is 23.2 Å². The van der Waals surface area contributed by atoms with Gasteiger partial charge in [-0.25, -0.2) is 12.8 Å². The number of hydrogen-bond donors (Lipinski definition) is 1. The quantitative estimate of drug-likeness (QED) is 0.148. The first kappa shape index (κ1) is 34.0. The van der Waals surface area contributed by atoms with E-state index in [2.05, 4.69) is 5.32 Å². The van der Waals surface area contributed by atoms with Gasteiger partial charge in [0.15, 0.2) is 0 Å². The molecule has 0 saturated carbocycles. The zero-order chi connectivity index (χ0) is 32.4. The van der Waals surface area contributed by atoms with Crippen molar-refractivity contribution in [1.82, 2.24) is 10.2 Å². The van der Waals surface area contributed by atoms with E-state index < -0.39 is 34.3 Å². The number of unbranched alkanes of at least 4 members (excludes halogenated alkanes) is 1. The van der Waals surface area contributed by atoms with Crippen molar-refractivity contribution in [2.45, 2.75) is 43.7 Å². The molecule has 236 valence electrons. The Labute approximate surface area is 273 Å². The van der Waals surface area contributed by atoms with Gasteiger partial charge >= 0.3 is 0 Å². The summed E-state index contributed by atoms with van der Waals surface area (Å²) in [6.45, 7) is 1.71. The van der Waals surface area contributed by atoms with Crippen LogP contribution in [0.1, 0.15) is 30.9 Å². The lowest BCUT2D eigenvalue weighted by atomic mass is 10.0. The average Bonchev–Trinajstić information content (AvgIpc) is 3.04. The first-order valence-corrected chi connectivity index (χ1v) is 16.7. The summed E-state index contributed by atoms with van der Waals surface area (Å²) >= 11 is 12.5. The minimum absolute atomic E-state index is 0.0451. The van der Waals surface area contributed by atoms with Crippen molar-refractivity contribution in [1.29, 1.82) is 0 Å². The molecule has 0 heterocycles. The number of sulfonamides is 1. The summed E-state index contributed by atoms with van der Waals surface area (Å²) in [6, 6.07) is 25.7. The van der Waals surface area contributed by atoms with E-state index in [1.165, 1.54) is 29.2 Å². The molecule has 11 heteroatoms. The predicted octanol–water partition coefficient (Wildman–Crippen LogP) is 6.88. The van der Waals surface area contributed by atoms with Gasteiger partial charge in [-0.3, -0.25) is 13.9 Å². The van der Waals surface area contributed by atoms with Crippen LogP contribution in [0.4, 0.5) is 10.1 Å². The predicted molar refractivity (Wildman–Crippen MR) is 176 cm³/mol. The summed E-state index contributed by atoms with van der Waals surface area (Å²) in [5.41, 5.74) is 1.50. The number of carbonyl (C=O) groups is 2. The molecule has 4 aromatic rings. The molecule has 0 radical (unpaired) electrons. The molecule has 1 N–H and O–H groups in total. The molecule has 0 spiro atoms. The second-order valence-electron chi connectivity index (χ2n) is 10.4. The van der Waals surface area contributed by atoms with Crippen molar-refractivity contribution in [2.24, 2.45) is 0 Å². The molecule has 0 aromatic heterocycles. The van der Waals surface area contributed by atoms with Crippen molar-refractivity contribution in [3.05, 3.63) is 130 Å². The van der Waals surface area contributed by atoms with Crippen LogP contribution in [-0.2, 0) is 32.6 Å². The molecule has 2 amide bonds. The van der Waals surface area contributed by atoms with Gasteiger partial charge in [-0.1, -0.05) is 91.1 Å². The number of anilines is 1. The Morgan fingerprint density at radius 1 is 0.844 bits per heavy atom. The van der Waals surface area contributed by atoms with Gasteiger partial charge in [0.25, 0.3) is 10.0 Å². The molecule has 0 aliphatic heterocycles. The zero-order valence-electron chi connectivity index (χ0n) is 24.7. The summed E-state index contributed by atoms with van der Waals surface area (Å²) in [5, 5.41) is 3.54. The summed E-state index contributed by atoms with van der Waals surface area (Å²) in [7, 11) is -4.28. The van der Waals surface area contributed by atoms with E-state index in [4.69, 9.17) is 23.2 Å². The highest BCUT2D eigenvalue weighted by molar-refractivity contribution is 7.92. The Balaban J connectivity index is 1.79. The Kier molecular flexibility index (Phi) is 12.0. The lowest BCUT2D eigenvalue weighted by molar-refractivity contribution is -0.140. The van der Waals surface area contributed by atoms with Gasteiger partial charge in [0.2, 0.25) is 11.8 Å². The number of rotatable bonds is 14. The summed E-state index contributed by atoms with van der Waals surface area (Å²) in [5.74, 6) is -1.58. The molecule has 0 aliphatic carbocycles. The van der Waals surface area contributed by atoms with Gasteiger partial charge < -0.3 is 10.2 Å². The maximum atomic E-state index is 14.4. The number of carbonyl (C=O) groups excluding carboxylic acids is 2. The minimum atomic E-state index is -4.28. The highest BCUT2D eigenvalue weighted by atomic mass is 35.5. The second-order valence-corrected chi connectivity index (χ2v) is 13.1. The van der Waals surface area contributed by atoms with Crippen molar-refractivity contribution in [3.8, 4) is 0 Å². The van der Waals surface area contributed by atoms with E-state index in [-0.39, 0.29) is 34.5 Å². The Bertz CT molecular complexity index is 1690. The SMILES string of the molecule is CCCCNC(=O)[C@@H](Cc1ccccc1)N(Cc1ccc(Cl)c(Cl)c1)C(=O)CN(c1ccc(F)cc1)S(=O)(=O)c1ccccc1. The maximum absolute atomic E-state index is 14.4. The summed E-state index contributed by atoms with van der Waals surface area (Å²) in [6.07, 6.45) is 1.78. The molecule has 0 fully saturated rings. The number of benzene rings is 4. The highest BCUT2D eigenvalue weighted by Crippen LogP contribution is 2.27. The summed E-state index contributed by atoms with van der Waals surface area (Å²) < 4.78 is 42.7. The van der Waals surface area contributed by atoms with Gasteiger partial charge in [-0.15, -0.1) is 0 Å². The molecule has 45 heavy (non-hydrogen) atoms. The fourth-order valence-corrected chi connectivity index (χ4v) is 6.51. The fourth-order valence-electron chi connectivity index (χ4n) is 4.75. The Hall–Kier alpha value is -3.92. The molecule has 7 nitrogen and oxygen atoms in total. The first-order chi connectivity index (χ1) is 21.6. The second kappa shape index (κ2) is 15.9. The van der Waals surface area contributed by atoms with Crippen LogP contribution in [0.3, 0.4) is 0 Å². The third-order valence-corrected chi connectivity index (χ3v) is 9.69. The molecule has 4 rings (SSSR count). The molecular formula is C34H34Cl2FN3O4S. The third-order valence-electron chi connectivity index (χ3n) is 7.16. The van der Waals surface area contributed by atoms with E-state index >= 15 is 0 Å². The van der Waals surface area contributed by atoms with Crippen LogP contribution in [0.25, 0.3) is 0 Å². The lowest BCUT2D eigenvalue weighted by Gasteiger charge is -2.34. The smallest absolute Gasteiger partial charge is 0.264 e. The van der Waals surface area contributed by atoms with Crippen molar-refractivity contribution in [2.75, 3.05) is 17.4 Å². The van der Waals surface area contributed by atoms with E-state index in [1.54, 1.807) is 36.4 Å². The van der Waals surface area contributed by atoms with Crippen LogP contribution in [0.2, 0.25) is 10.0 Å². The van der Waals surface area contributed by atoms with Crippen LogP contribution in [0, 0.1) is 5.82 Å². The van der Waals surface area contributed by atoms with Crippen LogP contribution in [-0.4, -0.2) is 44.3 Å². The largest absolute Gasteiger partial charge is 0.354 e. The first-order valence-electron chi connectivity index (χ1n) is 14.5. The maximum Gasteiger partial charge on any atom is 0.264 e. The molecule has 0 saturated heterocycles. The molecule has 0 unspecified atom stereocenters. The van der Waals surface area contributed by atoms with Gasteiger partial charge in [-0.2, -0.15) is 0 Å². The normalized spacial score (nSPS) is 11.9. The van der Waals surface area contributed by atoms with Crippen molar-refractivity contribution in [3.63, 3.8) is 0 Å². The highest BCUT2D eigenvalue weighted by Gasteiger charge is 2.34. The van der Waals surface area contributed by atoms with Crippen LogP contribution < -0.4 is 9.62 Å². The van der Waals surface area contributed by atoms with Crippen molar-refractivity contribution < 1.29 is 22.4 Å². The van der Waals surface area contributed by atoms with E-state index in [0.29, 0.717) is 17.1 Å². The molecule has 1 atom stereocenters. The number of amides is 2. The van der Waals surface area contributed by atoms with E-state index in [0.717, 1.165) is 34.8 Å². The average molecular weight is 671 g/mol. The standard InChI is InChI=1S/C34H34Cl2FN3O4S/c1-2-3-20-38-34(42)32(22-25-10-6-4-7-11-25)39(23-26-14-19-30(35)31(36)21-26)33(41)24-40(28-17-15-27(37)16-18-28)45(43,44)29-12-8-5-9-13-29/h4-19,21,32H,2-3,20,22-24H2,1H3,(H,38,42)/t32-/m1/s1. The van der Waals surface area contributed by atoms with Crippen molar-refractivity contribution >= 4 is 50.7 Å². The van der Waals surface area contributed by atoms with Crippen LogP contribution in [0.5, 0.6) is 0 Å². The molecule has 0 bridgehead atoms. The number of nitrogens with one attached hydrogen (secondary N) is 1. The third kappa shape index (κ3) is 9.06. The van der Waals surface area contributed by atoms with Gasteiger partial charge in [0, 0.05) is 19.5 Å². The number of hydrogen-bond acceptors (Lipinski definition) is 4. The number of nitrogens with zero attached hydrogens (tertiary/aromatic N) is 2. The van der Waals surface area contributed by atoms with Gasteiger partial charge in [-0.05, 0) is 66.1 Å². The molecule has 0 aliphatic rings. The number of halogens is 3. The fraction of sp³-hybridized carbons (Fsp3) is 0.235. The molecular weight excluding hydrogens is 636 g/mol. The van der Waals surface area contributed by atoms with Gasteiger partial charge in [0.05, 0.1) is 20.6 Å². The molecule has 4 aromatic carbocycles. The Morgan fingerprint density at radius 2 is 1.49 bits per heavy atom. The Morgan fingerprint density at radius 3 is 2.11 bits per heavy atom.